The maximum absolute atomic E-state index is 12.6. The summed E-state index contributed by atoms with van der Waals surface area (Å²) in [5, 5.41) is 11.4. The van der Waals surface area contributed by atoms with Gasteiger partial charge in [-0.05, 0) is 57.0 Å². The number of nitrogens with zero attached hydrogens (tertiary/aromatic N) is 4. The summed E-state index contributed by atoms with van der Waals surface area (Å²) < 4.78 is 6.98. The second kappa shape index (κ2) is 8.21. The molecule has 3 heterocycles. The van der Waals surface area contributed by atoms with E-state index in [2.05, 4.69) is 26.5 Å². The summed E-state index contributed by atoms with van der Waals surface area (Å²) in [6.07, 6.45) is 5.59. The topological polar surface area (TPSA) is 76.2 Å². The van der Waals surface area contributed by atoms with Gasteiger partial charge in [-0.1, -0.05) is 23.7 Å². The highest BCUT2D eigenvalue weighted by molar-refractivity contribution is 6.04. The van der Waals surface area contributed by atoms with Crippen molar-refractivity contribution in [2.45, 2.75) is 45.7 Å². The number of nitrogens with one attached hydrogen (secondary N) is 1. The Kier molecular flexibility index (Phi) is 5.49. The lowest BCUT2D eigenvalue weighted by atomic mass is 9.98. The highest BCUT2D eigenvalue weighted by Crippen LogP contribution is 2.31. The Bertz CT molecular complexity index is 970. The SMILES string of the molecule is Cc1noc(C)c1NC(=O)c1ccc(CN2CCCCC2c2ccn(C)n2)cc1. The van der Waals surface area contributed by atoms with E-state index >= 15 is 0 Å². The van der Waals surface area contributed by atoms with E-state index in [1.165, 1.54) is 18.4 Å². The van der Waals surface area contributed by atoms with E-state index in [4.69, 9.17) is 4.52 Å². The molecule has 1 aromatic carbocycles. The molecule has 0 bridgehead atoms. The fourth-order valence-corrected chi connectivity index (χ4v) is 3.97. The fourth-order valence-electron chi connectivity index (χ4n) is 3.97. The number of carbonyl (C=O) groups excluding carboxylic acids is 1. The summed E-state index contributed by atoms with van der Waals surface area (Å²) in [6, 6.07) is 10.3. The molecule has 1 fully saturated rings. The molecule has 0 aliphatic carbocycles. The zero-order valence-corrected chi connectivity index (χ0v) is 17.2. The molecule has 2 aromatic heterocycles. The van der Waals surface area contributed by atoms with E-state index in [9.17, 15) is 4.79 Å². The van der Waals surface area contributed by atoms with Gasteiger partial charge in [0, 0.05) is 25.4 Å². The predicted molar refractivity (Wildman–Crippen MR) is 111 cm³/mol. The smallest absolute Gasteiger partial charge is 0.255 e. The Morgan fingerprint density at radius 3 is 2.66 bits per heavy atom. The maximum Gasteiger partial charge on any atom is 0.255 e. The molecule has 7 heteroatoms. The van der Waals surface area contributed by atoms with Gasteiger partial charge in [-0.2, -0.15) is 5.10 Å². The molecule has 0 radical (unpaired) electrons. The van der Waals surface area contributed by atoms with Crippen molar-refractivity contribution in [3.05, 3.63) is 64.8 Å². The van der Waals surface area contributed by atoms with Gasteiger partial charge in [0.15, 0.2) is 5.76 Å². The number of piperidine rings is 1. The van der Waals surface area contributed by atoms with E-state index in [-0.39, 0.29) is 5.91 Å². The van der Waals surface area contributed by atoms with E-state index in [0.717, 1.165) is 25.2 Å². The van der Waals surface area contributed by atoms with E-state index in [1.807, 2.05) is 49.1 Å². The van der Waals surface area contributed by atoms with Crippen LogP contribution in [0, 0.1) is 13.8 Å². The van der Waals surface area contributed by atoms with Crippen molar-refractivity contribution in [1.29, 1.82) is 0 Å². The van der Waals surface area contributed by atoms with Crippen molar-refractivity contribution in [2.24, 2.45) is 7.05 Å². The Morgan fingerprint density at radius 2 is 2.00 bits per heavy atom. The second-order valence-electron chi connectivity index (χ2n) is 7.75. The summed E-state index contributed by atoms with van der Waals surface area (Å²) in [4.78, 5) is 15.0. The summed E-state index contributed by atoms with van der Waals surface area (Å²) in [7, 11) is 1.96. The molecule has 1 saturated heterocycles. The van der Waals surface area contributed by atoms with Gasteiger partial charge in [0.25, 0.3) is 5.91 Å². The minimum atomic E-state index is -0.157. The molecule has 1 aliphatic heterocycles. The van der Waals surface area contributed by atoms with Crippen molar-refractivity contribution >= 4 is 11.6 Å². The van der Waals surface area contributed by atoms with Crippen LogP contribution in [0.25, 0.3) is 0 Å². The molecule has 29 heavy (non-hydrogen) atoms. The molecule has 152 valence electrons. The third kappa shape index (κ3) is 4.24. The van der Waals surface area contributed by atoms with Gasteiger partial charge in [-0.25, -0.2) is 0 Å². The lowest BCUT2D eigenvalue weighted by molar-refractivity contribution is 0.102. The molecular formula is C22H27N5O2. The number of carbonyl (C=O) groups is 1. The van der Waals surface area contributed by atoms with Crippen molar-refractivity contribution in [3.8, 4) is 0 Å². The largest absolute Gasteiger partial charge is 0.359 e. The lowest BCUT2D eigenvalue weighted by Gasteiger charge is -2.34. The fraction of sp³-hybridized carbons (Fsp3) is 0.409. The van der Waals surface area contributed by atoms with E-state index in [0.29, 0.717) is 28.7 Å². The molecular weight excluding hydrogens is 366 g/mol. The van der Waals surface area contributed by atoms with Gasteiger partial charge >= 0.3 is 0 Å². The summed E-state index contributed by atoms with van der Waals surface area (Å²) >= 11 is 0. The van der Waals surface area contributed by atoms with Crippen molar-refractivity contribution in [3.63, 3.8) is 0 Å². The molecule has 7 nitrogen and oxygen atoms in total. The number of aryl methyl sites for hydroxylation is 3. The summed E-state index contributed by atoms with van der Waals surface area (Å²) in [5.74, 6) is 0.452. The number of benzene rings is 1. The number of anilines is 1. The minimum absolute atomic E-state index is 0.157. The van der Waals surface area contributed by atoms with Gasteiger partial charge in [-0.15, -0.1) is 0 Å². The van der Waals surface area contributed by atoms with Gasteiger partial charge in [0.2, 0.25) is 0 Å². The zero-order chi connectivity index (χ0) is 20.4. The first kappa shape index (κ1) is 19.4. The molecule has 4 rings (SSSR count). The summed E-state index contributed by atoms with van der Waals surface area (Å²) in [5.41, 5.74) is 4.28. The third-order valence-corrected chi connectivity index (χ3v) is 5.56. The molecule has 0 spiro atoms. The van der Waals surface area contributed by atoms with Crippen LogP contribution < -0.4 is 5.32 Å². The molecule has 1 N–H and O–H groups in total. The minimum Gasteiger partial charge on any atom is -0.359 e. The summed E-state index contributed by atoms with van der Waals surface area (Å²) in [6.45, 7) is 5.52. The Hall–Kier alpha value is -2.93. The van der Waals surface area contributed by atoms with Gasteiger partial charge in [0.1, 0.15) is 11.4 Å². The molecule has 1 aliphatic rings. The third-order valence-electron chi connectivity index (χ3n) is 5.56. The number of amides is 1. The first-order valence-electron chi connectivity index (χ1n) is 10.1. The van der Waals surface area contributed by atoms with Crippen molar-refractivity contribution in [1.82, 2.24) is 19.8 Å². The number of likely N-dealkylation sites (tertiary alicyclic amines) is 1. The maximum atomic E-state index is 12.6. The molecule has 1 atom stereocenters. The van der Waals surface area contributed by atoms with Crippen LogP contribution in [0.3, 0.4) is 0 Å². The van der Waals surface area contributed by atoms with Crippen LogP contribution in [0.15, 0.2) is 41.1 Å². The first-order chi connectivity index (χ1) is 14.0. The highest BCUT2D eigenvalue weighted by atomic mass is 16.5. The normalized spacial score (nSPS) is 17.4. The van der Waals surface area contributed by atoms with E-state index < -0.39 is 0 Å². The quantitative estimate of drug-likeness (QED) is 0.709. The van der Waals surface area contributed by atoms with Gasteiger partial charge in [-0.3, -0.25) is 14.4 Å². The average Bonchev–Trinajstić information content (AvgIpc) is 3.29. The Labute approximate surface area is 170 Å². The number of hydrogen-bond donors (Lipinski definition) is 1. The van der Waals surface area contributed by atoms with Crippen molar-refractivity contribution < 1.29 is 9.32 Å². The van der Waals surface area contributed by atoms with Crippen LogP contribution in [0.5, 0.6) is 0 Å². The zero-order valence-electron chi connectivity index (χ0n) is 17.2. The van der Waals surface area contributed by atoms with Crippen LogP contribution in [0.1, 0.15) is 58.4 Å². The van der Waals surface area contributed by atoms with Crippen LogP contribution in [-0.4, -0.2) is 32.3 Å². The standard InChI is InChI=1S/C22H27N5O2/c1-15-21(16(2)29-25-15)23-22(28)18-9-7-17(8-10-18)14-27-12-5-4-6-20(27)19-11-13-26(3)24-19/h7-11,13,20H,4-6,12,14H2,1-3H3,(H,23,28). The average molecular weight is 393 g/mol. The van der Waals surface area contributed by atoms with Crippen LogP contribution in [0.4, 0.5) is 5.69 Å². The highest BCUT2D eigenvalue weighted by Gasteiger charge is 2.25. The van der Waals surface area contributed by atoms with E-state index in [1.54, 1.807) is 6.92 Å². The lowest BCUT2D eigenvalue weighted by Crippen LogP contribution is -2.33. The van der Waals surface area contributed by atoms with Gasteiger partial charge in [0.05, 0.1) is 11.7 Å². The number of aromatic nitrogens is 3. The molecule has 3 aromatic rings. The van der Waals surface area contributed by atoms with Crippen LogP contribution >= 0.6 is 0 Å². The Balaban J connectivity index is 1.44. The van der Waals surface area contributed by atoms with Gasteiger partial charge < -0.3 is 9.84 Å². The monoisotopic (exact) mass is 393 g/mol. The van der Waals surface area contributed by atoms with Crippen molar-refractivity contribution in [2.75, 3.05) is 11.9 Å². The second-order valence-corrected chi connectivity index (χ2v) is 7.75. The number of hydrogen-bond acceptors (Lipinski definition) is 5. The predicted octanol–water partition coefficient (Wildman–Crippen LogP) is 4.00. The van der Waals surface area contributed by atoms with Crippen LogP contribution in [-0.2, 0) is 13.6 Å². The molecule has 1 amide bonds. The first-order valence-corrected chi connectivity index (χ1v) is 10.1. The Morgan fingerprint density at radius 1 is 1.21 bits per heavy atom. The molecule has 1 unspecified atom stereocenters. The number of rotatable bonds is 5. The molecule has 0 saturated carbocycles. The van der Waals surface area contributed by atoms with Crippen LogP contribution in [0.2, 0.25) is 0 Å².